The predicted octanol–water partition coefficient (Wildman–Crippen LogP) is -0.131. The summed E-state index contributed by atoms with van der Waals surface area (Å²) in [4.78, 5) is 11.2. The maximum Gasteiger partial charge on any atom is 0.239 e. The van der Waals surface area contributed by atoms with Crippen LogP contribution in [0.2, 0.25) is 0 Å². The van der Waals surface area contributed by atoms with Crippen molar-refractivity contribution < 1.29 is 9.53 Å². The highest BCUT2D eigenvalue weighted by Crippen LogP contribution is 1.86. The van der Waals surface area contributed by atoms with Gasteiger partial charge in [-0.3, -0.25) is 4.79 Å². The van der Waals surface area contributed by atoms with Gasteiger partial charge in [-0.25, -0.2) is 0 Å². The lowest BCUT2D eigenvalue weighted by atomic mass is 10.2. The van der Waals surface area contributed by atoms with E-state index in [-0.39, 0.29) is 12.5 Å². The molecule has 0 bridgehead atoms. The first-order valence-electron chi connectivity index (χ1n) is 5.33. The van der Waals surface area contributed by atoms with E-state index in [0.717, 1.165) is 6.54 Å². The van der Waals surface area contributed by atoms with Crippen LogP contribution in [-0.4, -0.2) is 44.4 Å². The van der Waals surface area contributed by atoms with E-state index in [1.807, 2.05) is 0 Å². The summed E-state index contributed by atoms with van der Waals surface area (Å²) >= 11 is 5.00. The zero-order valence-electron chi connectivity index (χ0n) is 10.1. The molecule has 0 saturated carbocycles. The van der Waals surface area contributed by atoms with Gasteiger partial charge in [0.25, 0.3) is 0 Å². The zero-order valence-corrected chi connectivity index (χ0v) is 10.9. The Kier molecular flexibility index (Phi) is 8.84. The van der Waals surface area contributed by atoms with E-state index in [1.165, 1.54) is 0 Å². The van der Waals surface area contributed by atoms with Gasteiger partial charge in [0.05, 0.1) is 13.2 Å². The van der Waals surface area contributed by atoms with E-state index in [0.29, 0.717) is 24.2 Å². The maximum atomic E-state index is 11.2. The largest absolute Gasteiger partial charge is 0.383 e. The molecule has 0 rings (SSSR count). The Morgan fingerprint density at radius 3 is 2.56 bits per heavy atom. The fourth-order valence-corrected chi connectivity index (χ4v) is 1.03. The van der Waals surface area contributed by atoms with E-state index < -0.39 is 0 Å². The highest BCUT2D eigenvalue weighted by atomic mass is 32.1. The normalized spacial score (nSPS) is 10.0. The van der Waals surface area contributed by atoms with Crippen molar-refractivity contribution in [3.63, 3.8) is 0 Å². The second-order valence-electron chi connectivity index (χ2n) is 3.80. The van der Waals surface area contributed by atoms with E-state index in [4.69, 9.17) is 17.0 Å². The van der Waals surface area contributed by atoms with Crippen molar-refractivity contribution >= 4 is 23.2 Å². The third kappa shape index (κ3) is 9.67. The molecular weight excluding hydrogens is 226 g/mol. The summed E-state index contributed by atoms with van der Waals surface area (Å²) in [7, 11) is 1.59. The molecule has 6 heteroatoms. The maximum absolute atomic E-state index is 11.2. The van der Waals surface area contributed by atoms with Crippen molar-refractivity contribution in [3.05, 3.63) is 0 Å². The van der Waals surface area contributed by atoms with Crippen LogP contribution in [0.25, 0.3) is 0 Å². The monoisotopic (exact) mass is 247 g/mol. The van der Waals surface area contributed by atoms with E-state index >= 15 is 0 Å². The Hall–Kier alpha value is -0.880. The molecule has 0 aromatic rings. The minimum absolute atomic E-state index is 0.0919. The quantitative estimate of drug-likeness (QED) is 0.432. The first kappa shape index (κ1) is 15.1. The molecule has 0 atom stereocenters. The van der Waals surface area contributed by atoms with Gasteiger partial charge in [0.15, 0.2) is 5.11 Å². The van der Waals surface area contributed by atoms with E-state index in [1.54, 1.807) is 7.11 Å². The number of ether oxygens (including phenoxy) is 1. The molecule has 16 heavy (non-hydrogen) atoms. The van der Waals surface area contributed by atoms with Crippen molar-refractivity contribution in [1.29, 1.82) is 0 Å². The lowest BCUT2D eigenvalue weighted by Gasteiger charge is -2.12. The van der Waals surface area contributed by atoms with Gasteiger partial charge in [0.1, 0.15) is 0 Å². The number of hydrogen-bond donors (Lipinski definition) is 3. The van der Waals surface area contributed by atoms with Crippen LogP contribution in [0.5, 0.6) is 0 Å². The van der Waals surface area contributed by atoms with Crippen molar-refractivity contribution in [3.8, 4) is 0 Å². The lowest BCUT2D eigenvalue weighted by molar-refractivity contribution is -0.120. The molecule has 0 radical (unpaired) electrons. The molecule has 0 heterocycles. The number of carbonyl (C=O) groups excluding carboxylic acids is 1. The Balaban J connectivity index is 3.47. The minimum atomic E-state index is -0.0919. The Morgan fingerprint density at radius 1 is 1.31 bits per heavy atom. The van der Waals surface area contributed by atoms with Gasteiger partial charge in [-0.05, 0) is 18.1 Å². The molecule has 0 spiro atoms. The van der Waals surface area contributed by atoms with Gasteiger partial charge in [-0.1, -0.05) is 13.8 Å². The molecular formula is C10H21N3O2S. The van der Waals surface area contributed by atoms with Gasteiger partial charge in [-0.15, -0.1) is 0 Å². The smallest absolute Gasteiger partial charge is 0.239 e. The van der Waals surface area contributed by atoms with Crippen molar-refractivity contribution in [2.45, 2.75) is 13.8 Å². The topological polar surface area (TPSA) is 62.4 Å². The van der Waals surface area contributed by atoms with Gasteiger partial charge in [0.2, 0.25) is 5.91 Å². The van der Waals surface area contributed by atoms with Crippen LogP contribution in [0.1, 0.15) is 13.8 Å². The Labute approximate surface area is 102 Å². The molecule has 3 N–H and O–H groups in total. The lowest BCUT2D eigenvalue weighted by Crippen LogP contribution is -2.43. The van der Waals surface area contributed by atoms with Crippen LogP contribution < -0.4 is 16.0 Å². The average Bonchev–Trinajstić information content (AvgIpc) is 2.24. The number of carbonyl (C=O) groups is 1. The molecule has 0 saturated heterocycles. The fourth-order valence-electron chi connectivity index (χ4n) is 0.875. The number of rotatable bonds is 7. The zero-order chi connectivity index (χ0) is 12.4. The number of hydrogen-bond acceptors (Lipinski definition) is 3. The van der Waals surface area contributed by atoms with E-state index in [2.05, 4.69) is 29.8 Å². The second kappa shape index (κ2) is 9.35. The average molecular weight is 247 g/mol. The third-order valence-corrected chi connectivity index (χ3v) is 2.00. The number of amides is 1. The molecule has 94 valence electrons. The SMILES string of the molecule is COCCNC(=O)CNC(=S)NCC(C)C. The number of thiocarbonyl (C=S) groups is 1. The highest BCUT2D eigenvalue weighted by Gasteiger charge is 2.02. The predicted molar refractivity (Wildman–Crippen MR) is 68.3 cm³/mol. The van der Waals surface area contributed by atoms with Crippen molar-refractivity contribution in [1.82, 2.24) is 16.0 Å². The summed E-state index contributed by atoms with van der Waals surface area (Å²) in [5.74, 6) is 0.432. The van der Waals surface area contributed by atoms with Crippen LogP contribution >= 0.6 is 12.2 Å². The van der Waals surface area contributed by atoms with Gasteiger partial charge < -0.3 is 20.7 Å². The Morgan fingerprint density at radius 2 is 2.00 bits per heavy atom. The fraction of sp³-hybridized carbons (Fsp3) is 0.800. The van der Waals surface area contributed by atoms with Crippen molar-refractivity contribution in [2.24, 2.45) is 5.92 Å². The molecule has 1 amide bonds. The van der Waals surface area contributed by atoms with Crippen LogP contribution in [0.4, 0.5) is 0 Å². The summed E-state index contributed by atoms with van der Waals surface area (Å²) in [6.07, 6.45) is 0. The van der Waals surface area contributed by atoms with Crippen LogP contribution in [-0.2, 0) is 9.53 Å². The molecule has 0 fully saturated rings. The number of methoxy groups -OCH3 is 1. The van der Waals surface area contributed by atoms with Gasteiger partial charge in [0, 0.05) is 20.2 Å². The van der Waals surface area contributed by atoms with Gasteiger partial charge in [-0.2, -0.15) is 0 Å². The first-order valence-corrected chi connectivity index (χ1v) is 5.74. The Bertz CT molecular complexity index is 222. The minimum Gasteiger partial charge on any atom is -0.383 e. The first-order chi connectivity index (χ1) is 7.56. The molecule has 5 nitrogen and oxygen atoms in total. The molecule has 0 aliphatic heterocycles. The van der Waals surface area contributed by atoms with Gasteiger partial charge >= 0.3 is 0 Å². The summed E-state index contributed by atoms with van der Waals surface area (Å²) in [5.41, 5.74) is 0. The van der Waals surface area contributed by atoms with Crippen molar-refractivity contribution in [2.75, 3.05) is 33.4 Å². The number of nitrogens with one attached hydrogen (secondary N) is 3. The molecule has 0 unspecified atom stereocenters. The second-order valence-corrected chi connectivity index (χ2v) is 4.21. The summed E-state index contributed by atoms with van der Waals surface area (Å²) in [5, 5.41) is 9.05. The van der Waals surface area contributed by atoms with E-state index in [9.17, 15) is 4.79 Å². The molecule has 0 aromatic carbocycles. The highest BCUT2D eigenvalue weighted by molar-refractivity contribution is 7.80. The van der Waals surface area contributed by atoms with Crippen LogP contribution in [0, 0.1) is 5.92 Å². The standard InChI is InChI=1S/C10H21N3O2S/c1-8(2)6-12-10(16)13-7-9(14)11-4-5-15-3/h8H,4-7H2,1-3H3,(H,11,14)(H2,12,13,16). The van der Waals surface area contributed by atoms with Crippen LogP contribution in [0.3, 0.4) is 0 Å². The summed E-state index contributed by atoms with van der Waals surface area (Å²) in [6.45, 7) is 6.20. The summed E-state index contributed by atoms with van der Waals surface area (Å²) in [6, 6.07) is 0. The molecule has 0 aliphatic rings. The van der Waals surface area contributed by atoms with Crippen LogP contribution in [0.15, 0.2) is 0 Å². The molecule has 0 aromatic heterocycles. The molecule has 0 aliphatic carbocycles. The third-order valence-electron chi connectivity index (χ3n) is 1.71. The summed E-state index contributed by atoms with van der Waals surface area (Å²) < 4.78 is 4.81.